The lowest BCUT2D eigenvalue weighted by atomic mass is 10.0. The third-order valence-electron chi connectivity index (χ3n) is 3.54. The molecule has 1 aromatic rings. The van der Waals surface area contributed by atoms with Crippen LogP contribution in [0.2, 0.25) is 0 Å². The highest BCUT2D eigenvalue weighted by atomic mass is 35.5. The van der Waals surface area contributed by atoms with E-state index in [1.165, 1.54) is 5.56 Å². The van der Waals surface area contributed by atoms with Gasteiger partial charge in [-0.05, 0) is 37.6 Å². The van der Waals surface area contributed by atoms with E-state index in [-0.39, 0.29) is 18.3 Å². The van der Waals surface area contributed by atoms with Gasteiger partial charge in [0.25, 0.3) is 0 Å². The quantitative estimate of drug-likeness (QED) is 0.826. The minimum absolute atomic E-state index is 0. The van der Waals surface area contributed by atoms with Gasteiger partial charge in [0, 0.05) is 11.7 Å². The fourth-order valence-electron chi connectivity index (χ4n) is 2.74. The summed E-state index contributed by atoms with van der Waals surface area (Å²) in [7, 11) is 0. The molecule has 0 spiro atoms. The SMILES string of the molecule is Cl.O=C1Cc2ccccc2N1C1CCNCC1. The Bertz CT molecular complexity index is 416. The Morgan fingerprint density at radius 1 is 1.18 bits per heavy atom. The molecule has 2 heterocycles. The standard InChI is InChI=1S/C13H16N2O.ClH/c16-13-9-10-3-1-2-4-12(10)15(13)11-5-7-14-8-6-11;/h1-4,11,14H,5-9H2;1H. The summed E-state index contributed by atoms with van der Waals surface area (Å²) in [5, 5.41) is 3.34. The monoisotopic (exact) mass is 252 g/mol. The smallest absolute Gasteiger partial charge is 0.231 e. The zero-order valence-corrected chi connectivity index (χ0v) is 10.5. The summed E-state index contributed by atoms with van der Waals surface area (Å²) in [4.78, 5) is 14.1. The lowest BCUT2D eigenvalue weighted by Crippen LogP contribution is -2.44. The molecular formula is C13H17ClN2O. The van der Waals surface area contributed by atoms with Crippen molar-refractivity contribution in [1.29, 1.82) is 0 Å². The van der Waals surface area contributed by atoms with Gasteiger partial charge >= 0.3 is 0 Å². The fraction of sp³-hybridized carbons (Fsp3) is 0.462. The second kappa shape index (κ2) is 5.07. The minimum Gasteiger partial charge on any atom is -0.317 e. The van der Waals surface area contributed by atoms with Crippen molar-refractivity contribution < 1.29 is 4.79 Å². The molecule has 4 heteroatoms. The van der Waals surface area contributed by atoms with E-state index in [1.54, 1.807) is 0 Å². The molecule has 0 aromatic heterocycles. The van der Waals surface area contributed by atoms with Gasteiger partial charge in [-0.15, -0.1) is 12.4 Å². The van der Waals surface area contributed by atoms with Gasteiger partial charge in [0.05, 0.1) is 6.42 Å². The number of anilines is 1. The second-order valence-corrected chi connectivity index (χ2v) is 4.55. The Balaban J connectivity index is 0.00000108. The number of amides is 1. The van der Waals surface area contributed by atoms with E-state index in [0.717, 1.165) is 31.6 Å². The molecule has 1 saturated heterocycles. The molecule has 0 saturated carbocycles. The van der Waals surface area contributed by atoms with Crippen LogP contribution in [0.1, 0.15) is 18.4 Å². The number of halogens is 1. The number of piperidine rings is 1. The summed E-state index contributed by atoms with van der Waals surface area (Å²) in [5.41, 5.74) is 2.32. The van der Waals surface area contributed by atoms with Gasteiger partial charge in [0.15, 0.2) is 0 Å². The van der Waals surface area contributed by atoms with Gasteiger partial charge in [-0.3, -0.25) is 4.79 Å². The number of hydrogen-bond acceptors (Lipinski definition) is 2. The van der Waals surface area contributed by atoms with Crippen LogP contribution in [-0.2, 0) is 11.2 Å². The average Bonchev–Trinajstić information content (AvgIpc) is 2.66. The first kappa shape index (κ1) is 12.4. The third-order valence-corrected chi connectivity index (χ3v) is 3.54. The number of rotatable bonds is 1. The van der Waals surface area contributed by atoms with E-state index in [4.69, 9.17) is 0 Å². The maximum atomic E-state index is 12.0. The molecule has 0 radical (unpaired) electrons. The molecule has 0 aliphatic carbocycles. The van der Waals surface area contributed by atoms with Crippen molar-refractivity contribution in [3.05, 3.63) is 29.8 Å². The Kier molecular flexibility index (Phi) is 3.69. The summed E-state index contributed by atoms with van der Waals surface area (Å²) in [6.45, 7) is 2.05. The molecule has 0 atom stereocenters. The Morgan fingerprint density at radius 2 is 1.88 bits per heavy atom. The van der Waals surface area contributed by atoms with Crippen LogP contribution in [0.25, 0.3) is 0 Å². The van der Waals surface area contributed by atoms with Crippen LogP contribution < -0.4 is 10.2 Å². The minimum atomic E-state index is 0. The molecule has 0 unspecified atom stereocenters. The zero-order chi connectivity index (χ0) is 11.0. The van der Waals surface area contributed by atoms with E-state index >= 15 is 0 Å². The highest BCUT2D eigenvalue weighted by molar-refractivity contribution is 6.01. The second-order valence-electron chi connectivity index (χ2n) is 4.55. The number of para-hydroxylation sites is 1. The normalized spacial score (nSPS) is 20.0. The predicted octanol–water partition coefficient (Wildman–Crippen LogP) is 1.75. The van der Waals surface area contributed by atoms with Crippen molar-refractivity contribution in [1.82, 2.24) is 5.32 Å². The first-order valence-electron chi connectivity index (χ1n) is 5.97. The van der Waals surface area contributed by atoms with Crippen LogP contribution >= 0.6 is 12.4 Å². The lowest BCUT2D eigenvalue weighted by Gasteiger charge is -2.32. The predicted molar refractivity (Wildman–Crippen MR) is 70.8 cm³/mol. The first-order valence-corrected chi connectivity index (χ1v) is 5.97. The highest BCUT2D eigenvalue weighted by Gasteiger charge is 2.32. The highest BCUT2D eigenvalue weighted by Crippen LogP contribution is 2.32. The number of fused-ring (bicyclic) bond motifs is 1. The van der Waals surface area contributed by atoms with Crippen molar-refractivity contribution in [3.8, 4) is 0 Å². The van der Waals surface area contributed by atoms with Gasteiger partial charge in [-0.25, -0.2) is 0 Å². The van der Waals surface area contributed by atoms with Gasteiger partial charge in [-0.1, -0.05) is 18.2 Å². The molecule has 2 aliphatic heterocycles. The van der Waals surface area contributed by atoms with Crippen molar-refractivity contribution in [3.63, 3.8) is 0 Å². The van der Waals surface area contributed by atoms with Crippen LogP contribution in [0.15, 0.2) is 24.3 Å². The number of hydrogen-bond donors (Lipinski definition) is 1. The van der Waals surface area contributed by atoms with Gasteiger partial charge in [0.1, 0.15) is 0 Å². The largest absolute Gasteiger partial charge is 0.317 e. The van der Waals surface area contributed by atoms with Crippen LogP contribution in [0.4, 0.5) is 5.69 Å². The lowest BCUT2D eigenvalue weighted by molar-refractivity contribution is -0.117. The van der Waals surface area contributed by atoms with E-state index in [2.05, 4.69) is 17.4 Å². The molecule has 1 N–H and O–H groups in total. The molecule has 17 heavy (non-hydrogen) atoms. The van der Waals surface area contributed by atoms with Crippen molar-refractivity contribution in [2.75, 3.05) is 18.0 Å². The number of nitrogens with one attached hydrogen (secondary N) is 1. The molecule has 3 rings (SSSR count). The van der Waals surface area contributed by atoms with Gasteiger partial charge in [0.2, 0.25) is 5.91 Å². The summed E-state index contributed by atoms with van der Waals surface area (Å²) in [6, 6.07) is 8.57. The molecule has 92 valence electrons. The summed E-state index contributed by atoms with van der Waals surface area (Å²) in [5.74, 6) is 0.271. The molecule has 1 amide bonds. The fourth-order valence-corrected chi connectivity index (χ4v) is 2.74. The summed E-state index contributed by atoms with van der Waals surface area (Å²) >= 11 is 0. The van der Waals surface area contributed by atoms with Crippen LogP contribution in [0.5, 0.6) is 0 Å². The number of benzene rings is 1. The van der Waals surface area contributed by atoms with Crippen molar-refractivity contribution >= 4 is 24.0 Å². The number of nitrogens with zero attached hydrogens (tertiary/aromatic N) is 1. The van der Waals surface area contributed by atoms with E-state index < -0.39 is 0 Å². The Morgan fingerprint density at radius 3 is 2.65 bits per heavy atom. The van der Waals surface area contributed by atoms with E-state index in [9.17, 15) is 4.79 Å². The maximum absolute atomic E-state index is 12.0. The molecule has 1 aromatic carbocycles. The molecule has 0 bridgehead atoms. The van der Waals surface area contributed by atoms with Crippen molar-refractivity contribution in [2.45, 2.75) is 25.3 Å². The van der Waals surface area contributed by atoms with Crippen molar-refractivity contribution in [2.24, 2.45) is 0 Å². The maximum Gasteiger partial charge on any atom is 0.231 e. The Labute approximate surface area is 108 Å². The van der Waals surface area contributed by atoms with Crippen LogP contribution in [0.3, 0.4) is 0 Å². The summed E-state index contributed by atoms with van der Waals surface area (Å²) < 4.78 is 0. The first-order chi connectivity index (χ1) is 7.86. The topological polar surface area (TPSA) is 32.3 Å². The molecular weight excluding hydrogens is 236 g/mol. The average molecular weight is 253 g/mol. The molecule has 3 nitrogen and oxygen atoms in total. The van der Waals surface area contributed by atoms with E-state index in [0.29, 0.717) is 12.5 Å². The number of carbonyl (C=O) groups excluding carboxylic acids is 1. The third kappa shape index (κ3) is 2.17. The van der Waals surface area contributed by atoms with Crippen LogP contribution in [-0.4, -0.2) is 25.0 Å². The van der Waals surface area contributed by atoms with Gasteiger partial charge < -0.3 is 10.2 Å². The zero-order valence-electron chi connectivity index (χ0n) is 9.69. The van der Waals surface area contributed by atoms with Crippen LogP contribution in [0, 0.1) is 0 Å². The molecule has 1 fully saturated rings. The summed E-state index contributed by atoms with van der Waals surface area (Å²) in [6.07, 6.45) is 2.72. The van der Waals surface area contributed by atoms with E-state index in [1.807, 2.05) is 17.0 Å². The van der Waals surface area contributed by atoms with Gasteiger partial charge in [-0.2, -0.15) is 0 Å². The molecule has 2 aliphatic rings. The number of carbonyl (C=O) groups is 1. The Hall–Kier alpha value is -1.06.